The highest BCUT2D eigenvalue weighted by atomic mass is 16.3. The van der Waals surface area contributed by atoms with Crippen molar-refractivity contribution in [3.05, 3.63) is 29.3 Å². The first-order chi connectivity index (χ1) is 10.1. The number of rotatable bonds is 4. The molecule has 1 aromatic carbocycles. The van der Waals surface area contributed by atoms with Gasteiger partial charge in [-0.25, -0.2) is 0 Å². The number of unbranched alkanes of at least 4 members (excludes halogenated alkanes) is 2. The van der Waals surface area contributed by atoms with Gasteiger partial charge in [-0.1, -0.05) is 45.6 Å². The Bertz CT molecular complexity index is 493. The van der Waals surface area contributed by atoms with Crippen LogP contribution in [-0.4, -0.2) is 5.11 Å². The number of aryl methyl sites for hydroxylation is 1. The van der Waals surface area contributed by atoms with Crippen LogP contribution in [0, 0.1) is 11.3 Å². The van der Waals surface area contributed by atoms with E-state index in [0.717, 1.165) is 18.3 Å². The summed E-state index contributed by atoms with van der Waals surface area (Å²) in [5, 5.41) is 9.74. The molecule has 1 saturated carbocycles. The lowest BCUT2D eigenvalue weighted by molar-refractivity contribution is 0.107. The molecule has 0 bridgehead atoms. The summed E-state index contributed by atoms with van der Waals surface area (Å²) >= 11 is 0. The van der Waals surface area contributed by atoms with Gasteiger partial charge in [0.2, 0.25) is 0 Å². The molecule has 0 heterocycles. The standard InChI is InChI=1S/C20H30O/c1-3-4-5-6-15-9-11-20(2)12-10-16-14-17(21)7-8-18(16)19(20)13-15/h7-8,14-15,19,21H,3-6,9-13H2,1-2H3/t15-,19-,20+/m1/s1. The summed E-state index contributed by atoms with van der Waals surface area (Å²) < 4.78 is 0. The van der Waals surface area contributed by atoms with Gasteiger partial charge in [-0.2, -0.15) is 0 Å². The molecule has 1 aromatic rings. The third-order valence-corrected chi connectivity index (χ3v) is 6.22. The Kier molecular flexibility index (Phi) is 4.28. The molecule has 1 fully saturated rings. The lowest BCUT2D eigenvalue weighted by atomic mass is 9.56. The van der Waals surface area contributed by atoms with E-state index < -0.39 is 0 Å². The van der Waals surface area contributed by atoms with E-state index in [1.54, 1.807) is 5.56 Å². The molecule has 116 valence electrons. The largest absolute Gasteiger partial charge is 0.508 e. The highest BCUT2D eigenvalue weighted by Crippen LogP contribution is 2.55. The molecule has 0 radical (unpaired) electrons. The van der Waals surface area contributed by atoms with Crippen molar-refractivity contribution in [2.45, 2.75) is 77.6 Å². The zero-order valence-corrected chi connectivity index (χ0v) is 13.7. The Morgan fingerprint density at radius 3 is 2.90 bits per heavy atom. The third kappa shape index (κ3) is 2.98. The van der Waals surface area contributed by atoms with Crippen LogP contribution in [0.1, 0.15) is 82.3 Å². The van der Waals surface area contributed by atoms with Gasteiger partial charge in [0.15, 0.2) is 0 Å². The minimum atomic E-state index is 0.438. The number of phenols is 1. The van der Waals surface area contributed by atoms with E-state index >= 15 is 0 Å². The normalized spacial score (nSPS) is 31.5. The summed E-state index contributed by atoms with van der Waals surface area (Å²) in [5.74, 6) is 2.09. The van der Waals surface area contributed by atoms with Gasteiger partial charge in [-0.05, 0) is 72.6 Å². The van der Waals surface area contributed by atoms with Crippen molar-refractivity contribution >= 4 is 0 Å². The average Bonchev–Trinajstić information content (AvgIpc) is 2.48. The minimum Gasteiger partial charge on any atom is -0.508 e. The third-order valence-electron chi connectivity index (χ3n) is 6.22. The molecule has 0 amide bonds. The molecule has 1 N–H and O–H groups in total. The van der Waals surface area contributed by atoms with E-state index in [1.807, 2.05) is 12.1 Å². The maximum Gasteiger partial charge on any atom is 0.115 e. The summed E-state index contributed by atoms with van der Waals surface area (Å²) in [5.41, 5.74) is 3.46. The van der Waals surface area contributed by atoms with Crippen molar-refractivity contribution in [1.82, 2.24) is 0 Å². The van der Waals surface area contributed by atoms with Crippen LogP contribution < -0.4 is 0 Å². The summed E-state index contributed by atoms with van der Waals surface area (Å²) in [7, 11) is 0. The second-order valence-corrected chi connectivity index (χ2v) is 7.73. The highest BCUT2D eigenvalue weighted by Gasteiger charge is 2.43. The fraction of sp³-hybridized carbons (Fsp3) is 0.700. The van der Waals surface area contributed by atoms with Crippen molar-refractivity contribution in [1.29, 1.82) is 0 Å². The predicted octanol–water partition coefficient (Wildman–Crippen LogP) is 5.81. The Hall–Kier alpha value is -0.980. The SMILES string of the molecule is CCCCC[C@@H]1CC[C@@]2(C)CCc3cc(O)ccc3[C@H]2C1. The first kappa shape index (κ1) is 14.9. The van der Waals surface area contributed by atoms with Crippen LogP contribution in [0.25, 0.3) is 0 Å². The number of hydrogen-bond acceptors (Lipinski definition) is 1. The first-order valence-electron chi connectivity index (χ1n) is 8.94. The molecule has 0 aliphatic heterocycles. The number of aromatic hydroxyl groups is 1. The summed E-state index contributed by atoms with van der Waals surface area (Å²) in [6, 6.07) is 6.11. The molecule has 2 aliphatic rings. The Morgan fingerprint density at radius 2 is 2.10 bits per heavy atom. The van der Waals surface area contributed by atoms with Crippen LogP contribution in [-0.2, 0) is 6.42 Å². The second-order valence-electron chi connectivity index (χ2n) is 7.73. The van der Waals surface area contributed by atoms with E-state index in [9.17, 15) is 5.11 Å². The number of hydrogen-bond donors (Lipinski definition) is 1. The summed E-state index contributed by atoms with van der Waals surface area (Å²) in [6.45, 7) is 4.80. The molecule has 0 aromatic heterocycles. The second kappa shape index (κ2) is 6.02. The van der Waals surface area contributed by atoms with Gasteiger partial charge in [0.05, 0.1) is 0 Å². The van der Waals surface area contributed by atoms with E-state index in [4.69, 9.17) is 0 Å². The van der Waals surface area contributed by atoms with Crippen LogP contribution in [0.15, 0.2) is 18.2 Å². The van der Waals surface area contributed by atoms with Crippen molar-refractivity contribution in [3.8, 4) is 5.75 Å². The van der Waals surface area contributed by atoms with Gasteiger partial charge in [0.1, 0.15) is 5.75 Å². The summed E-state index contributed by atoms with van der Waals surface area (Å²) in [4.78, 5) is 0. The van der Waals surface area contributed by atoms with Crippen molar-refractivity contribution in [2.75, 3.05) is 0 Å². The number of phenolic OH excluding ortho intramolecular Hbond substituents is 1. The van der Waals surface area contributed by atoms with Gasteiger partial charge in [0.25, 0.3) is 0 Å². The zero-order valence-electron chi connectivity index (χ0n) is 13.7. The van der Waals surface area contributed by atoms with E-state index in [-0.39, 0.29) is 0 Å². The molecule has 1 nitrogen and oxygen atoms in total. The zero-order chi connectivity index (χ0) is 14.9. The van der Waals surface area contributed by atoms with Gasteiger partial charge in [-0.15, -0.1) is 0 Å². The number of fused-ring (bicyclic) bond motifs is 3. The lowest BCUT2D eigenvalue weighted by Gasteiger charge is -2.48. The smallest absolute Gasteiger partial charge is 0.115 e. The molecular weight excluding hydrogens is 256 g/mol. The molecule has 2 aliphatic carbocycles. The molecule has 21 heavy (non-hydrogen) atoms. The van der Waals surface area contributed by atoms with Gasteiger partial charge < -0.3 is 5.11 Å². The fourth-order valence-electron chi connectivity index (χ4n) is 4.76. The van der Waals surface area contributed by atoms with Crippen LogP contribution in [0.2, 0.25) is 0 Å². The minimum absolute atomic E-state index is 0.438. The Morgan fingerprint density at radius 1 is 1.24 bits per heavy atom. The van der Waals surface area contributed by atoms with E-state index in [2.05, 4.69) is 19.9 Å². The number of benzene rings is 1. The Balaban J connectivity index is 1.77. The molecule has 0 saturated heterocycles. The van der Waals surface area contributed by atoms with Crippen molar-refractivity contribution in [2.24, 2.45) is 11.3 Å². The van der Waals surface area contributed by atoms with Gasteiger partial charge in [-0.3, -0.25) is 0 Å². The molecular formula is C20H30O. The first-order valence-corrected chi connectivity index (χ1v) is 8.94. The predicted molar refractivity (Wildman–Crippen MR) is 88.8 cm³/mol. The fourth-order valence-corrected chi connectivity index (χ4v) is 4.76. The molecule has 1 heteroatoms. The van der Waals surface area contributed by atoms with Crippen molar-refractivity contribution < 1.29 is 5.11 Å². The Labute approximate surface area is 129 Å². The highest BCUT2D eigenvalue weighted by molar-refractivity contribution is 5.40. The summed E-state index contributed by atoms with van der Waals surface area (Å²) in [6.07, 6.45) is 12.2. The lowest BCUT2D eigenvalue weighted by Crippen LogP contribution is -2.36. The maximum absolute atomic E-state index is 9.74. The molecule has 0 spiro atoms. The van der Waals surface area contributed by atoms with Crippen LogP contribution >= 0.6 is 0 Å². The maximum atomic E-state index is 9.74. The molecule has 3 atom stereocenters. The average molecular weight is 286 g/mol. The van der Waals surface area contributed by atoms with Crippen LogP contribution in [0.3, 0.4) is 0 Å². The topological polar surface area (TPSA) is 20.2 Å². The van der Waals surface area contributed by atoms with Crippen LogP contribution in [0.4, 0.5) is 0 Å². The quantitative estimate of drug-likeness (QED) is 0.693. The molecule has 0 unspecified atom stereocenters. The van der Waals surface area contributed by atoms with E-state index in [0.29, 0.717) is 11.2 Å². The van der Waals surface area contributed by atoms with Gasteiger partial charge in [0, 0.05) is 0 Å². The van der Waals surface area contributed by atoms with Crippen molar-refractivity contribution in [3.63, 3.8) is 0 Å². The van der Waals surface area contributed by atoms with Crippen LogP contribution in [0.5, 0.6) is 5.75 Å². The van der Waals surface area contributed by atoms with Gasteiger partial charge >= 0.3 is 0 Å². The molecule has 3 rings (SSSR count). The van der Waals surface area contributed by atoms with E-state index in [1.165, 1.54) is 56.9 Å². The monoisotopic (exact) mass is 286 g/mol.